The Morgan fingerprint density at radius 3 is 2.33 bits per heavy atom. The monoisotopic (exact) mass is 308 g/mol. The Morgan fingerprint density at radius 2 is 1.76 bits per heavy atom. The second-order valence-corrected chi connectivity index (χ2v) is 6.81. The van der Waals surface area contributed by atoms with E-state index >= 15 is 0 Å². The summed E-state index contributed by atoms with van der Waals surface area (Å²) in [4.78, 5) is 10.7. The van der Waals surface area contributed by atoms with Gasteiger partial charge in [0.2, 0.25) is 0 Å². The molecule has 0 heterocycles. The van der Waals surface area contributed by atoms with E-state index in [2.05, 4.69) is 0 Å². The van der Waals surface area contributed by atoms with Crippen molar-refractivity contribution in [2.75, 3.05) is 0 Å². The summed E-state index contributed by atoms with van der Waals surface area (Å²) >= 11 is 0. The molecule has 2 rings (SSSR count). The van der Waals surface area contributed by atoms with Crippen LogP contribution in [0.2, 0.25) is 0 Å². The zero-order valence-electron chi connectivity index (χ0n) is 11.2. The highest BCUT2D eigenvalue weighted by Crippen LogP contribution is 2.29. The van der Waals surface area contributed by atoms with Crippen LogP contribution in [0, 0.1) is 5.82 Å². The predicted octanol–water partition coefficient (Wildman–Crippen LogP) is 3.06. The summed E-state index contributed by atoms with van der Waals surface area (Å²) in [7, 11) is -3.79. The first-order valence-electron chi connectivity index (χ1n) is 6.15. The van der Waals surface area contributed by atoms with Gasteiger partial charge < -0.3 is 5.11 Å². The minimum absolute atomic E-state index is 0.211. The number of hydrogen-bond donors (Lipinski definition) is 1. The van der Waals surface area contributed by atoms with Crippen molar-refractivity contribution >= 4 is 15.8 Å². The van der Waals surface area contributed by atoms with Crippen LogP contribution in [-0.2, 0) is 9.84 Å². The van der Waals surface area contributed by atoms with E-state index in [1.165, 1.54) is 6.92 Å². The van der Waals surface area contributed by atoms with Gasteiger partial charge in [-0.25, -0.2) is 17.6 Å². The molecule has 2 aromatic carbocycles. The molecule has 0 saturated carbocycles. The number of carboxylic acids is 1. The van der Waals surface area contributed by atoms with Gasteiger partial charge in [-0.3, -0.25) is 0 Å². The zero-order valence-corrected chi connectivity index (χ0v) is 12.0. The summed E-state index contributed by atoms with van der Waals surface area (Å²) in [6.45, 7) is 1.51. The summed E-state index contributed by atoms with van der Waals surface area (Å²) in [5.74, 6) is -2.47. The Kier molecular flexibility index (Phi) is 4.09. The third-order valence-electron chi connectivity index (χ3n) is 3.23. The van der Waals surface area contributed by atoms with Crippen molar-refractivity contribution in [2.24, 2.45) is 0 Å². The van der Waals surface area contributed by atoms with Gasteiger partial charge in [-0.15, -0.1) is 0 Å². The fourth-order valence-corrected chi connectivity index (χ4v) is 3.42. The van der Waals surface area contributed by atoms with Crippen LogP contribution in [0.15, 0.2) is 53.4 Å². The molecule has 0 fully saturated rings. The van der Waals surface area contributed by atoms with E-state index in [9.17, 15) is 17.6 Å². The minimum atomic E-state index is -3.79. The lowest BCUT2D eigenvalue weighted by Crippen LogP contribution is -2.12. The lowest BCUT2D eigenvalue weighted by molar-refractivity contribution is 0.0691. The largest absolute Gasteiger partial charge is 0.478 e. The van der Waals surface area contributed by atoms with E-state index in [1.54, 1.807) is 30.3 Å². The quantitative estimate of drug-likeness (QED) is 0.881. The van der Waals surface area contributed by atoms with E-state index in [0.717, 1.165) is 18.2 Å². The number of sulfone groups is 1. The second kappa shape index (κ2) is 5.65. The summed E-state index contributed by atoms with van der Waals surface area (Å²) in [6.07, 6.45) is 0. The van der Waals surface area contributed by atoms with Gasteiger partial charge in [-0.2, -0.15) is 0 Å². The van der Waals surface area contributed by atoms with Crippen LogP contribution < -0.4 is 0 Å². The molecule has 0 amide bonds. The molecule has 6 heteroatoms. The fraction of sp³-hybridized carbons (Fsp3) is 0.133. The van der Waals surface area contributed by atoms with Crippen LogP contribution in [0.3, 0.4) is 0 Å². The molecule has 1 N–H and O–H groups in total. The molecule has 0 aliphatic carbocycles. The Hall–Kier alpha value is -2.21. The van der Waals surface area contributed by atoms with Crippen LogP contribution in [-0.4, -0.2) is 19.5 Å². The molecule has 110 valence electrons. The fourth-order valence-electron chi connectivity index (χ4n) is 1.95. The van der Waals surface area contributed by atoms with E-state index in [4.69, 9.17) is 5.11 Å². The lowest BCUT2D eigenvalue weighted by atomic mass is 10.2. The van der Waals surface area contributed by atoms with Gasteiger partial charge in [0.15, 0.2) is 9.84 Å². The van der Waals surface area contributed by atoms with Crippen molar-refractivity contribution < 1.29 is 22.7 Å². The second-order valence-electron chi connectivity index (χ2n) is 4.54. The number of benzene rings is 2. The maximum Gasteiger partial charge on any atom is 0.338 e. The smallest absolute Gasteiger partial charge is 0.338 e. The van der Waals surface area contributed by atoms with Crippen LogP contribution in [0.25, 0.3) is 0 Å². The summed E-state index contributed by atoms with van der Waals surface area (Å²) in [6, 6.07) is 11.3. The first-order valence-corrected chi connectivity index (χ1v) is 7.70. The van der Waals surface area contributed by atoms with Crippen LogP contribution in [0.1, 0.15) is 28.1 Å². The van der Waals surface area contributed by atoms with Crippen molar-refractivity contribution in [1.29, 1.82) is 0 Å². The number of aromatic carboxylic acids is 1. The van der Waals surface area contributed by atoms with E-state index in [-0.39, 0.29) is 4.90 Å². The molecule has 0 aromatic heterocycles. The zero-order chi connectivity index (χ0) is 15.6. The van der Waals surface area contributed by atoms with Crippen LogP contribution in [0.5, 0.6) is 0 Å². The maximum atomic E-state index is 13.4. The molecule has 0 aliphatic heterocycles. The molecule has 0 spiro atoms. The van der Waals surface area contributed by atoms with Gasteiger partial charge in [-0.1, -0.05) is 30.3 Å². The van der Waals surface area contributed by atoms with Crippen LogP contribution in [0.4, 0.5) is 4.39 Å². The standard InChI is InChI=1S/C15H13FO4S/c1-10(11-5-3-2-4-6-11)21(19,20)12-7-8-14(16)13(9-12)15(17)18/h2-10H,1H3,(H,17,18). The summed E-state index contributed by atoms with van der Waals surface area (Å²) in [5, 5.41) is 8.02. The molecule has 0 saturated heterocycles. The Morgan fingerprint density at radius 1 is 1.14 bits per heavy atom. The highest BCUT2D eigenvalue weighted by Gasteiger charge is 2.26. The molecule has 21 heavy (non-hydrogen) atoms. The molecule has 2 aromatic rings. The molecule has 1 atom stereocenters. The van der Waals surface area contributed by atoms with Crippen molar-refractivity contribution in [1.82, 2.24) is 0 Å². The van der Waals surface area contributed by atoms with Gasteiger partial charge in [0.05, 0.1) is 15.7 Å². The van der Waals surface area contributed by atoms with Gasteiger partial charge >= 0.3 is 5.97 Å². The molecule has 0 bridgehead atoms. The molecule has 1 unspecified atom stereocenters. The van der Waals surface area contributed by atoms with E-state index in [0.29, 0.717) is 5.56 Å². The topological polar surface area (TPSA) is 71.4 Å². The average Bonchev–Trinajstić information content (AvgIpc) is 2.47. The average molecular weight is 308 g/mol. The Bertz CT molecular complexity index is 770. The third-order valence-corrected chi connectivity index (χ3v) is 5.35. The normalized spacial score (nSPS) is 12.9. The van der Waals surface area contributed by atoms with Crippen molar-refractivity contribution in [3.05, 3.63) is 65.5 Å². The Labute approximate surface area is 121 Å². The molecular weight excluding hydrogens is 295 g/mol. The maximum absolute atomic E-state index is 13.4. The van der Waals surface area contributed by atoms with E-state index in [1.807, 2.05) is 0 Å². The molecule has 0 radical (unpaired) electrons. The van der Waals surface area contributed by atoms with E-state index < -0.39 is 32.4 Å². The number of hydrogen-bond acceptors (Lipinski definition) is 3. The molecular formula is C15H13FO4S. The number of halogens is 1. The van der Waals surface area contributed by atoms with Gasteiger partial charge in [0.25, 0.3) is 0 Å². The number of rotatable bonds is 4. The SMILES string of the molecule is CC(c1ccccc1)S(=O)(=O)c1ccc(F)c(C(=O)O)c1. The van der Waals surface area contributed by atoms with Gasteiger partial charge in [0, 0.05) is 0 Å². The molecule has 0 aliphatic rings. The highest BCUT2D eigenvalue weighted by molar-refractivity contribution is 7.91. The lowest BCUT2D eigenvalue weighted by Gasteiger charge is -2.14. The Balaban J connectivity index is 2.50. The first-order chi connectivity index (χ1) is 9.84. The number of carbonyl (C=O) groups is 1. The van der Waals surface area contributed by atoms with Crippen LogP contribution >= 0.6 is 0 Å². The van der Waals surface area contributed by atoms with Gasteiger partial charge in [0.1, 0.15) is 5.82 Å². The van der Waals surface area contributed by atoms with Gasteiger partial charge in [-0.05, 0) is 30.7 Å². The number of carboxylic acid groups (broad SMARTS) is 1. The highest BCUT2D eigenvalue weighted by atomic mass is 32.2. The molecule has 4 nitrogen and oxygen atoms in total. The predicted molar refractivity (Wildman–Crippen MR) is 75.4 cm³/mol. The van der Waals surface area contributed by atoms with Crippen molar-refractivity contribution in [2.45, 2.75) is 17.1 Å². The summed E-state index contributed by atoms with van der Waals surface area (Å²) in [5.41, 5.74) is -0.0740. The van der Waals surface area contributed by atoms with Crippen molar-refractivity contribution in [3.63, 3.8) is 0 Å². The van der Waals surface area contributed by atoms with Crippen molar-refractivity contribution in [3.8, 4) is 0 Å². The first kappa shape index (κ1) is 15.2. The minimum Gasteiger partial charge on any atom is -0.478 e. The summed E-state index contributed by atoms with van der Waals surface area (Å²) < 4.78 is 38.4. The third kappa shape index (κ3) is 2.95.